The summed E-state index contributed by atoms with van der Waals surface area (Å²) in [5.74, 6) is 0.934. The van der Waals surface area contributed by atoms with Gasteiger partial charge in [0, 0.05) is 12.0 Å². The van der Waals surface area contributed by atoms with Crippen molar-refractivity contribution in [3.8, 4) is 5.75 Å². The van der Waals surface area contributed by atoms with Crippen LogP contribution in [0.15, 0.2) is 30.4 Å². The lowest BCUT2D eigenvalue weighted by molar-refractivity contribution is -0.268. The van der Waals surface area contributed by atoms with Crippen molar-refractivity contribution in [2.24, 2.45) is 17.6 Å². The Kier molecular flexibility index (Phi) is 2.88. The predicted octanol–water partition coefficient (Wildman–Crippen LogP) is 1.87. The highest BCUT2D eigenvalue weighted by molar-refractivity contribution is 5.38. The third kappa shape index (κ3) is 1.93. The van der Waals surface area contributed by atoms with Crippen molar-refractivity contribution in [2.75, 3.05) is 0 Å². The summed E-state index contributed by atoms with van der Waals surface area (Å²) in [7, 11) is 0. The molecule has 3 nitrogen and oxygen atoms in total. The van der Waals surface area contributed by atoms with Crippen molar-refractivity contribution in [1.29, 1.82) is 0 Å². The van der Waals surface area contributed by atoms with E-state index in [1.165, 1.54) is 5.56 Å². The molecule has 0 fully saturated rings. The molecule has 4 atom stereocenters. The lowest BCUT2D eigenvalue weighted by Gasteiger charge is -2.31. The molecule has 18 heavy (non-hydrogen) atoms. The van der Waals surface area contributed by atoms with Gasteiger partial charge < -0.3 is 15.6 Å². The van der Waals surface area contributed by atoms with Crippen LogP contribution < -0.4 is 10.8 Å². The van der Waals surface area contributed by atoms with Gasteiger partial charge in [0.15, 0.2) is 0 Å². The molecular formula is C15H18NO2-. The van der Waals surface area contributed by atoms with E-state index in [0.717, 1.165) is 12.0 Å². The summed E-state index contributed by atoms with van der Waals surface area (Å²) in [6, 6.07) is 5.41. The van der Waals surface area contributed by atoms with Gasteiger partial charge in [0.05, 0.1) is 12.7 Å². The fraction of sp³-hybridized carbons (Fsp3) is 0.467. The van der Waals surface area contributed by atoms with Crippen molar-refractivity contribution < 1.29 is 9.84 Å². The summed E-state index contributed by atoms with van der Waals surface area (Å²) in [4.78, 5) is 0. The predicted molar refractivity (Wildman–Crippen MR) is 67.8 cm³/mol. The first-order chi connectivity index (χ1) is 8.65. The Morgan fingerprint density at radius 3 is 2.94 bits per heavy atom. The molecule has 2 N–H and O–H groups in total. The lowest BCUT2D eigenvalue weighted by Crippen LogP contribution is -2.30. The average Bonchev–Trinajstić information content (AvgIpc) is 2.72. The van der Waals surface area contributed by atoms with Gasteiger partial charge in [-0.2, -0.15) is 0 Å². The number of nitrogens with two attached hydrogens (primary N) is 1. The highest BCUT2D eigenvalue weighted by Crippen LogP contribution is 2.42. The smallest absolute Gasteiger partial charge is 0.0898 e. The molecule has 1 aromatic rings. The summed E-state index contributed by atoms with van der Waals surface area (Å²) in [5.41, 5.74) is 8.15. The van der Waals surface area contributed by atoms with E-state index in [1.807, 2.05) is 6.07 Å². The van der Waals surface area contributed by atoms with E-state index < -0.39 is 0 Å². The maximum atomic E-state index is 11.3. The molecular weight excluding hydrogens is 226 g/mol. The molecule has 0 spiro atoms. The summed E-state index contributed by atoms with van der Waals surface area (Å²) in [6.45, 7) is 2.77. The first-order valence-electron chi connectivity index (χ1n) is 6.50. The van der Waals surface area contributed by atoms with Crippen molar-refractivity contribution in [2.45, 2.75) is 32.1 Å². The second-order valence-corrected chi connectivity index (χ2v) is 5.43. The van der Waals surface area contributed by atoms with Gasteiger partial charge >= 0.3 is 0 Å². The first-order valence-corrected chi connectivity index (χ1v) is 6.50. The van der Waals surface area contributed by atoms with E-state index in [4.69, 9.17) is 10.5 Å². The second kappa shape index (κ2) is 4.41. The monoisotopic (exact) mass is 244 g/mol. The highest BCUT2D eigenvalue weighted by Gasteiger charge is 2.34. The van der Waals surface area contributed by atoms with E-state index in [2.05, 4.69) is 19.1 Å². The van der Waals surface area contributed by atoms with Gasteiger partial charge in [0.25, 0.3) is 0 Å². The van der Waals surface area contributed by atoms with Gasteiger partial charge in [-0.15, -0.1) is 5.75 Å². The van der Waals surface area contributed by atoms with Crippen LogP contribution in [0.25, 0.3) is 0 Å². The SMILES string of the molecule is CC1CC(N)C=CC1C1OCc2cc([O-])ccc21. The van der Waals surface area contributed by atoms with Gasteiger partial charge in [-0.05, 0) is 23.5 Å². The maximum Gasteiger partial charge on any atom is 0.0898 e. The number of hydrogen-bond donors (Lipinski definition) is 1. The van der Waals surface area contributed by atoms with E-state index in [0.29, 0.717) is 18.4 Å². The van der Waals surface area contributed by atoms with Crippen LogP contribution in [0.4, 0.5) is 0 Å². The fourth-order valence-corrected chi connectivity index (χ4v) is 3.10. The highest BCUT2D eigenvalue weighted by atomic mass is 16.5. The Balaban J connectivity index is 1.90. The van der Waals surface area contributed by atoms with Gasteiger partial charge in [0.1, 0.15) is 0 Å². The van der Waals surface area contributed by atoms with Gasteiger partial charge in [-0.1, -0.05) is 37.3 Å². The maximum absolute atomic E-state index is 11.3. The normalized spacial score (nSPS) is 34.6. The molecule has 0 amide bonds. The standard InChI is InChI=1S/C15H19NO2/c1-9-6-11(16)2-4-13(9)15-14-5-3-12(17)7-10(14)8-18-15/h2-5,7,9,11,13,15,17H,6,8,16H2,1H3/p-1. The van der Waals surface area contributed by atoms with E-state index in [9.17, 15) is 5.11 Å². The molecule has 0 radical (unpaired) electrons. The molecule has 1 aliphatic heterocycles. The number of ether oxygens (including phenoxy) is 1. The van der Waals surface area contributed by atoms with Crippen LogP contribution in [0.5, 0.6) is 5.75 Å². The number of rotatable bonds is 1. The van der Waals surface area contributed by atoms with Crippen LogP contribution in [0.3, 0.4) is 0 Å². The second-order valence-electron chi connectivity index (χ2n) is 5.43. The van der Waals surface area contributed by atoms with E-state index >= 15 is 0 Å². The van der Waals surface area contributed by atoms with Crippen LogP contribution in [0.1, 0.15) is 30.6 Å². The van der Waals surface area contributed by atoms with Crippen molar-refractivity contribution >= 4 is 0 Å². The van der Waals surface area contributed by atoms with E-state index in [1.54, 1.807) is 12.1 Å². The van der Waals surface area contributed by atoms with Crippen LogP contribution in [-0.4, -0.2) is 6.04 Å². The molecule has 0 saturated heterocycles. The summed E-state index contributed by atoms with van der Waals surface area (Å²) in [5, 5.41) is 11.3. The van der Waals surface area contributed by atoms with Gasteiger partial charge in [-0.3, -0.25) is 0 Å². The molecule has 1 aromatic carbocycles. The topological polar surface area (TPSA) is 58.3 Å². The van der Waals surface area contributed by atoms with E-state index in [-0.39, 0.29) is 17.9 Å². The zero-order valence-corrected chi connectivity index (χ0v) is 10.5. The molecule has 0 aromatic heterocycles. The first kappa shape index (κ1) is 11.8. The molecule has 3 rings (SSSR count). The summed E-state index contributed by atoms with van der Waals surface area (Å²) in [6.07, 6.45) is 5.34. The number of hydrogen-bond acceptors (Lipinski definition) is 3. The van der Waals surface area contributed by atoms with Crippen LogP contribution in [-0.2, 0) is 11.3 Å². The zero-order valence-electron chi connectivity index (χ0n) is 10.5. The third-order valence-corrected chi connectivity index (χ3v) is 4.07. The van der Waals surface area contributed by atoms with Crippen molar-refractivity contribution in [3.05, 3.63) is 41.5 Å². The largest absolute Gasteiger partial charge is 0.872 e. The average molecular weight is 244 g/mol. The van der Waals surface area contributed by atoms with Crippen molar-refractivity contribution in [3.63, 3.8) is 0 Å². The Bertz CT molecular complexity index is 483. The Morgan fingerprint density at radius 2 is 2.17 bits per heavy atom. The lowest BCUT2D eigenvalue weighted by atomic mass is 9.78. The Hall–Kier alpha value is -1.32. The number of benzene rings is 1. The zero-order chi connectivity index (χ0) is 12.7. The Labute approximate surface area is 107 Å². The number of fused-ring (bicyclic) bond motifs is 1. The fourth-order valence-electron chi connectivity index (χ4n) is 3.10. The molecule has 96 valence electrons. The molecule has 4 unspecified atom stereocenters. The van der Waals surface area contributed by atoms with Crippen molar-refractivity contribution in [1.82, 2.24) is 0 Å². The minimum absolute atomic E-state index is 0.0623. The van der Waals surface area contributed by atoms with Gasteiger partial charge in [0.2, 0.25) is 0 Å². The van der Waals surface area contributed by atoms with Crippen LogP contribution in [0, 0.1) is 11.8 Å². The minimum Gasteiger partial charge on any atom is -0.872 e. The minimum atomic E-state index is 0.0623. The Morgan fingerprint density at radius 1 is 1.33 bits per heavy atom. The van der Waals surface area contributed by atoms with Gasteiger partial charge in [-0.25, -0.2) is 0 Å². The molecule has 3 heteroatoms. The van der Waals surface area contributed by atoms with Crippen LogP contribution >= 0.6 is 0 Å². The quantitative estimate of drug-likeness (QED) is 0.767. The third-order valence-electron chi connectivity index (χ3n) is 4.07. The molecule has 0 bridgehead atoms. The summed E-state index contributed by atoms with van der Waals surface area (Å²) < 4.78 is 5.89. The molecule has 2 aliphatic rings. The molecule has 0 saturated carbocycles. The molecule has 1 aliphatic carbocycles. The summed E-state index contributed by atoms with van der Waals surface area (Å²) >= 11 is 0. The molecule has 1 heterocycles. The van der Waals surface area contributed by atoms with Crippen LogP contribution in [0.2, 0.25) is 0 Å².